The first-order chi connectivity index (χ1) is 5.85. The van der Waals surface area contributed by atoms with Crippen molar-refractivity contribution < 1.29 is 9.47 Å². The molecule has 0 radical (unpaired) electrons. The highest BCUT2D eigenvalue weighted by molar-refractivity contribution is 5.35. The molecule has 12 heavy (non-hydrogen) atoms. The van der Waals surface area contributed by atoms with Crippen molar-refractivity contribution in [1.82, 2.24) is 0 Å². The van der Waals surface area contributed by atoms with Gasteiger partial charge in [-0.25, -0.2) is 0 Å². The number of hydrogen-bond acceptors (Lipinski definition) is 2. The first kappa shape index (κ1) is 7.47. The molecule has 0 aromatic carbocycles. The quantitative estimate of drug-likeness (QED) is 0.620. The van der Waals surface area contributed by atoms with E-state index >= 15 is 0 Å². The van der Waals surface area contributed by atoms with Crippen LogP contribution in [-0.4, -0.2) is 14.2 Å². The molecule has 2 aliphatic rings. The van der Waals surface area contributed by atoms with Crippen LogP contribution in [0.2, 0.25) is 0 Å². The summed E-state index contributed by atoms with van der Waals surface area (Å²) < 4.78 is 10.3. The Labute approximate surface area is 72.2 Å². The van der Waals surface area contributed by atoms with Crippen LogP contribution in [0.1, 0.15) is 0 Å². The van der Waals surface area contributed by atoms with Gasteiger partial charge in [0.1, 0.15) is 11.5 Å². The van der Waals surface area contributed by atoms with E-state index in [4.69, 9.17) is 9.47 Å². The van der Waals surface area contributed by atoms with E-state index in [-0.39, 0.29) is 0 Å². The Morgan fingerprint density at radius 2 is 2.00 bits per heavy atom. The van der Waals surface area contributed by atoms with Gasteiger partial charge in [0, 0.05) is 11.8 Å². The first-order valence-corrected chi connectivity index (χ1v) is 4.05. The van der Waals surface area contributed by atoms with E-state index in [0.29, 0.717) is 11.8 Å². The number of rotatable bonds is 2. The molecule has 2 rings (SSSR count). The highest BCUT2D eigenvalue weighted by Gasteiger charge is 2.32. The van der Waals surface area contributed by atoms with Crippen molar-refractivity contribution in [3.8, 4) is 0 Å². The fraction of sp³-hybridized carbons (Fsp3) is 0.400. The zero-order valence-electron chi connectivity index (χ0n) is 7.28. The molecule has 0 heterocycles. The number of allylic oxidation sites excluding steroid dienone is 4. The summed E-state index contributed by atoms with van der Waals surface area (Å²) in [6, 6.07) is 0. The Kier molecular flexibility index (Phi) is 1.68. The molecule has 0 spiro atoms. The van der Waals surface area contributed by atoms with Gasteiger partial charge in [0.15, 0.2) is 0 Å². The monoisotopic (exact) mass is 164 g/mol. The third-order valence-electron chi connectivity index (χ3n) is 2.40. The maximum Gasteiger partial charge on any atom is 0.115 e. The Balaban J connectivity index is 2.18. The minimum atomic E-state index is 0.412. The minimum absolute atomic E-state index is 0.412. The molecule has 2 heteroatoms. The standard InChI is InChI=1S/C10H12O2/c1-11-8-4-3-7-5-10(12-2)9(7)6-8/h3-7,9H,1-2H3/t7-,9?/m1/s1. The van der Waals surface area contributed by atoms with Crippen LogP contribution in [0.15, 0.2) is 35.8 Å². The summed E-state index contributed by atoms with van der Waals surface area (Å²) >= 11 is 0. The van der Waals surface area contributed by atoms with Crippen LogP contribution >= 0.6 is 0 Å². The molecule has 2 nitrogen and oxygen atoms in total. The van der Waals surface area contributed by atoms with Gasteiger partial charge in [-0.3, -0.25) is 0 Å². The Hall–Kier alpha value is -1.18. The van der Waals surface area contributed by atoms with E-state index < -0.39 is 0 Å². The van der Waals surface area contributed by atoms with Crippen LogP contribution in [0.5, 0.6) is 0 Å². The molecular formula is C10H12O2. The molecule has 0 fully saturated rings. The molecule has 0 aromatic rings. The van der Waals surface area contributed by atoms with Gasteiger partial charge in [0.05, 0.1) is 14.2 Å². The van der Waals surface area contributed by atoms with Crippen LogP contribution in [0.25, 0.3) is 0 Å². The van der Waals surface area contributed by atoms with Crippen molar-refractivity contribution in [3.63, 3.8) is 0 Å². The van der Waals surface area contributed by atoms with Crippen molar-refractivity contribution in [1.29, 1.82) is 0 Å². The topological polar surface area (TPSA) is 18.5 Å². The lowest BCUT2D eigenvalue weighted by Crippen LogP contribution is -2.25. The third kappa shape index (κ3) is 0.951. The van der Waals surface area contributed by atoms with E-state index in [9.17, 15) is 0 Å². The fourth-order valence-electron chi connectivity index (χ4n) is 1.62. The van der Waals surface area contributed by atoms with E-state index in [2.05, 4.69) is 18.2 Å². The Bertz CT molecular complexity index is 274. The number of methoxy groups -OCH3 is 2. The lowest BCUT2D eigenvalue weighted by atomic mass is 9.77. The van der Waals surface area contributed by atoms with Crippen LogP contribution in [-0.2, 0) is 9.47 Å². The molecule has 0 aliphatic heterocycles. The third-order valence-corrected chi connectivity index (χ3v) is 2.40. The van der Waals surface area contributed by atoms with Crippen molar-refractivity contribution >= 4 is 0 Å². The zero-order chi connectivity index (χ0) is 8.55. The van der Waals surface area contributed by atoms with Gasteiger partial charge in [-0.15, -0.1) is 0 Å². The summed E-state index contributed by atoms with van der Waals surface area (Å²) in [4.78, 5) is 0. The molecule has 0 aromatic heterocycles. The number of fused-ring (bicyclic) bond motifs is 1. The second-order valence-electron chi connectivity index (χ2n) is 3.01. The van der Waals surface area contributed by atoms with Gasteiger partial charge in [0.25, 0.3) is 0 Å². The normalized spacial score (nSPS) is 31.2. The zero-order valence-corrected chi connectivity index (χ0v) is 7.28. The maximum atomic E-state index is 5.18. The van der Waals surface area contributed by atoms with Crippen LogP contribution in [0.4, 0.5) is 0 Å². The molecule has 0 bridgehead atoms. The Morgan fingerprint density at radius 1 is 1.17 bits per heavy atom. The van der Waals surface area contributed by atoms with Gasteiger partial charge in [-0.2, -0.15) is 0 Å². The van der Waals surface area contributed by atoms with Gasteiger partial charge < -0.3 is 9.47 Å². The lowest BCUT2D eigenvalue weighted by Gasteiger charge is -2.33. The molecule has 2 atom stereocenters. The van der Waals surface area contributed by atoms with E-state index in [1.54, 1.807) is 14.2 Å². The lowest BCUT2D eigenvalue weighted by molar-refractivity contribution is 0.208. The van der Waals surface area contributed by atoms with Gasteiger partial charge in [0.2, 0.25) is 0 Å². The summed E-state index contributed by atoms with van der Waals surface area (Å²) in [6.07, 6.45) is 8.38. The van der Waals surface area contributed by atoms with E-state index in [1.807, 2.05) is 6.08 Å². The smallest absolute Gasteiger partial charge is 0.115 e. The van der Waals surface area contributed by atoms with Gasteiger partial charge in [-0.1, -0.05) is 6.08 Å². The highest BCUT2D eigenvalue weighted by atomic mass is 16.5. The van der Waals surface area contributed by atoms with Gasteiger partial charge in [-0.05, 0) is 18.2 Å². The molecular weight excluding hydrogens is 152 g/mol. The average Bonchev–Trinajstić information content (AvgIpc) is 2.08. The molecule has 2 aliphatic carbocycles. The average molecular weight is 164 g/mol. The summed E-state index contributed by atoms with van der Waals surface area (Å²) in [7, 11) is 3.39. The predicted octanol–water partition coefficient (Wildman–Crippen LogP) is 1.86. The Morgan fingerprint density at radius 3 is 2.67 bits per heavy atom. The van der Waals surface area contributed by atoms with Crippen LogP contribution in [0.3, 0.4) is 0 Å². The maximum absolute atomic E-state index is 5.18. The SMILES string of the molecule is COC1=CC2C(OC)=C[C@H]2C=C1. The van der Waals surface area contributed by atoms with Crippen molar-refractivity contribution in [2.45, 2.75) is 0 Å². The largest absolute Gasteiger partial charge is 0.501 e. The fourth-order valence-corrected chi connectivity index (χ4v) is 1.62. The molecule has 0 saturated carbocycles. The first-order valence-electron chi connectivity index (χ1n) is 4.05. The molecule has 0 N–H and O–H groups in total. The second kappa shape index (κ2) is 2.70. The van der Waals surface area contributed by atoms with E-state index in [1.165, 1.54) is 0 Å². The van der Waals surface area contributed by atoms with Crippen molar-refractivity contribution in [2.24, 2.45) is 11.8 Å². The number of hydrogen-bond donors (Lipinski definition) is 0. The van der Waals surface area contributed by atoms with Crippen molar-refractivity contribution in [3.05, 3.63) is 35.8 Å². The highest BCUT2D eigenvalue weighted by Crippen LogP contribution is 2.39. The number of ether oxygens (including phenoxy) is 2. The summed E-state index contributed by atoms with van der Waals surface area (Å²) in [6.45, 7) is 0. The van der Waals surface area contributed by atoms with Crippen LogP contribution in [0, 0.1) is 11.8 Å². The summed E-state index contributed by atoms with van der Waals surface area (Å²) in [5.41, 5.74) is 0. The second-order valence-corrected chi connectivity index (χ2v) is 3.01. The molecule has 0 amide bonds. The molecule has 0 saturated heterocycles. The van der Waals surface area contributed by atoms with E-state index in [0.717, 1.165) is 11.5 Å². The summed E-state index contributed by atoms with van der Waals surface area (Å²) in [5.74, 6) is 2.92. The van der Waals surface area contributed by atoms with Crippen molar-refractivity contribution in [2.75, 3.05) is 14.2 Å². The van der Waals surface area contributed by atoms with Crippen LogP contribution < -0.4 is 0 Å². The predicted molar refractivity (Wildman–Crippen MR) is 46.3 cm³/mol. The minimum Gasteiger partial charge on any atom is -0.501 e. The summed E-state index contributed by atoms with van der Waals surface area (Å²) in [5, 5.41) is 0. The van der Waals surface area contributed by atoms with Gasteiger partial charge >= 0.3 is 0 Å². The molecule has 1 unspecified atom stereocenters. The molecule has 64 valence electrons.